The molecule has 2 fully saturated rings. The van der Waals surface area contributed by atoms with Gasteiger partial charge in [0.25, 0.3) is 17.7 Å². The molecule has 4 unspecified atom stereocenters. The lowest BCUT2D eigenvalue weighted by Crippen LogP contribution is -2.50. The van der Waals surface area contributed by atoms with Gasteiger partial charge in [0.1, 0.15) is 29.2 Å². The third-order valence-electron chi connectivity index (χ3n) is 11.4. The Morgan fingerprint density at radius 1 is 0.955 bits per heavy atom. The minimum atomic E-state index is -1.32. The number of carbonyl (C=O) groups excluding carboxylic acids is 7. The van der Waals surface area contributed by atoms with Crippen LogP contribution in [0.25, 0.3) is 11.3 Å². The molecule has 2 saturated heterocycles. The second-order valence-corrected chi connectivity index (χ2v) is 17.6. The highest BCUT2D eigenvalue weighted by atomic mass is 19.1. The van der Waals surface area contributed by atoms with E-state index < -0.39 is 83.2 Å². The van der Waals surface area contributed by atoms with E-state index in [4.69, 9.17) is 23.9 Å². The molecule has 4 heterocycles. The fourth-order valence-electron chi connectivity index (χ4n) is 8.29. The Kier molecular flexibility index (Phi) is 16.5. The predicted molar refractivity (Wildman–Crippen MR) is 235 cm³/mol. The number of imide groups is 1. The summed E-state index contributed by atoms with van der Waals surface area (Å²) in [5, 5.41) is 5.15. The Hall–Kier alpha value is -6.70. The van der Waals surface area contributed by atoms with Crippen LogP contribution in [0.3, 0.4) is 0 Å². The van der Waals surface area contributed by atoms with Crippen LogP contribution in [0, 0.1) is 23.5 Å². The summed E-state index contributed by atoms with van der Waals surface area (Å²) in [5.41, 5.74) is -0.0292. The van der Waals surface area contributed by atoms with Crippen LogP contribution in [0.2, 0.25) is 0 Å². The third kappa shape index (κ3) is 13.5. The molecule has 0 aliphatic carbocycles. The van der Waals surface area contributed by atoms with Crippen molar-refractivity contribution in [2.75, 3.05) is 52.5 Å². The van der Waals surface area contributed by atoms with Gasteiger partial charge in [-0.3, -0.25) is 28.9 Å². The van der Waals surface area contributed by atoms with Gasteiger partial charge in [-0.05, 0) is 70.2 Å². The number of esters is 1. The molecule has 18 nitrogen and oxygen atoms in total. The zero-order valence-electron chi connectivity index (χ0n) is 38.2. The van der Waals surface area contributed by atoms with E-state index in [9.17, 15) is 38.0 Å². The molecule has 3 aliphatic heterocycles. The summed E-state index contributed by atoms with van der Waals surface area (Å²) in [7, 11) is 0. The van der Waals surface area contributed by atoms with Gasteiger partial charge in [0.15, 0.2) is 6.10 Å². The highest BCUT2D eigenvalue weighted by Crippen LogP contribution is 2.39. The van der Waals surface area contributed by atoms with E-state index in [1.165, 1.54) is 23.6 Å². The van der Waals surface area contributed by atoms with Crippen molar-refractivity contribution in [3.63, 3.8) is 0 Å². The molecule has 20 heteroatoms. The molecule has 3 aliphatic rings. The topological polar surface area (TPSA) is 208 Å². The number of nitrogens with one attached hydrogen (secondary N) is 2. The third-order valence-corrected chi connectivity index (χ3v) is 11.4. The molecule has 67 heavy (non-hydrogen) atoms. The van der Waals surface area contributed by atoms with Crippen molar-refractivity contribution in [2.24, 2.45) is 11.8 Å². The van der Waals surface area contributed by atoms with Crippen molar-refractivity contribution in [3.05, 3.63) is 89.9 Å². The summed E-state index contributed by atoms with van der Waals surface area (Å²) in [6, 6.07) is 11.5. The number of imidazole rings is 1. The lowest BCUT2D eigenvalue weighted by atomic mass is 9.88. The maximum absolute atomic E-state index is 15.5. The van der Waals surface area contributed by atoms with Crippen molar-refractivity contribution in [2.45, 2.75) is 84.3 Å². The summed E-state index contributed by atoms with van der Waals surface area (Å²) in [6.07, 6.45) is 0.653. The molecule has 4 atom stereocenters. The number of halogens is 2. The fraction of sp³-hybridized carbons (Fsp3) is 0.489. The monoisotopic (exact) mass is 933 g/mol. The zero-order chi connectivity index (χ0) is 48.4. The SMILES string of the molecule is CC(=O)OC(C)C(=O)N(CC1CN(C(=O)OC(C)(C)C)CC1OC(=O)NCCC(=O)NCCN1C(=O)C=CC1=O)C(c1nc(-c2cc(F)ccc2F)cn1Cc1ccccc1)C1CCOCC1. The largest absolute Gasteiger partial charge is 0.453 e. The number of hydrogen-bond acceptors (Lipinski definition) is 12. The van der Waals surface area contributed by atoms with Crippen LogP contribution < -0.4 is 10.6 Å². The Morgan fingerprint density at radius 2 is 1.66 bits per heavy atom. The molecule has 1 aromatic heterocycles. The van der Waals surface area contributed by atoms with Gasteiger partial charge in [0.2, 0.25) is 5.91 Å². The zero-order valence-corrected chi connectivity index (χ0v) is 38.2. The lowest BCUT2D eigenvalue weighted by Gasteiger charge is -2.41. The highest BCUT2D eigenvalue weighted by Gasteiger charge is 2.45. The minimum absolute atomic E-state index is 0.00235. The Balaban J connectivity index is 1.32. The molecule has 6 amide bonds. The summed E-state index contributed by atoms with van der Waals surface area (Å²) in [6.45, 7) is 8.08. The van der Waals surface area contributed by atoms with E-state index in [1.807, 2.05) is 30.3 Å². The quantitative estimate of drug-likeness (QED) is 0.109. The first-order chi connectivity index (χ1) is 31.9. The number of likely N-dealkylation sites (tertiary alicyclic amines) is 1. The predicted octanol–water partition coefficient (Wildman–Crippen LogP) is 4.52. The Morgan fingerprint density at radius 3 is 2.33 bits per heavy atom. The minimum Gasteiger partial charge on any atom is -0.453 e. The first kappa shape index (κ1) is 49.7. The van der Waals surface area contributed by atoms with Gasteiger partial charge < -0.3 is 43.9 Å². The Bertz CT molecular complexity index is 2310. The van der Waals surface area contributed by atoms with Crippen LogP contribution in [-0.2, 0) is 49.5 Å². The van der Waals surface area contributed by atoms with Gasteiger partial charge in [-0.1, -0.05) is 30.3 Å². The first-order valence-electron chi connectivity index (χ1n) is 22.2. The second-order valence-electron chi connectivity index (χ2n) is 17.6. The van der Waals surface area contributed by atoms with Crippen molar-refractivity contribution in [1.29, 1.82) is 0 Å². The van der Waals surface area contributed by atoms with Gasteiger partial charge in [-0.15, -0.1) is 0 Å². The van der Waals surface area contributed by atoms with E-state index in [0.29, 0.717) is 31.9 Å². The average molecular weight is 934 g/mol. The second kappa shape index (κ2) is 22.2. The maximum Gasteiger partial charge on any atom is 0.410 e. The van der Waals surface area contributed by atoms with Crippen LogP contribution in [0.5, 0.6) is 0 Å². The van der Waals surface area contributed by atoms with E-state index in [0.717, 1.165) is 40.8 Å². The average Bonchev–Trinajstić information content (AvgIpc) is 3.97. The van der Waals surface area contributed by atoms with Crippen LogP contribution in [-0.4, -0.2) is 136 Å². The van der Waals surface area contributed by atoms with Gasteiger partial charge in [-0.2, -0.15) is 0 Å². The number of rotatable bonds is 17. The van der Waals surface area contributed by atoms with Crippen molar-refractivity contribution < 1.29 is 61.3 Å². The van der Waals surface area contributed by atoms with Crippen molar-refractivity contribution in [1.82, 2.24) is 34.9 Å². The Labute approximate surface area is 386 Å². The lowest BCUT2D eigenvalue weighted by molar-refractivity contribution is -0.160. The van der Waals surface area contributed by atoms with Crippen LogP contribution in [0.4, 0.5) is 18.4 Å². The summed E-state index contributed by atoms with van der Waals surface area (Å²) >= 11 is 0. The number of hydrogen-bond donors (Lipinski definition) is 2. The smallest absolute Gasteiger partial charge is 0.410 e. The molecule has 0 radical (unpaired) electrons. The summed E-state index contributed by atoms with van der Waals surface area (Å²) in [4.78, 5) is 99.3. The molecule has 2 aromatic carbocycles. The van der Waals surface area contributed by atoms with Crippen molar-refractivity contribution in [3.8, 4) is 11.3 Å². The van der Waals surface area contributed by atoms with Gasteiger partial charge in [0, 0.05) is 95.7 Å². The molecule has 0 spiro atoms. The van der Waals surface area contributed by atoms with Crippen LogP contribution in [0.1, 0.15) is 71.3 Å². The number of benzene rings is 2. The number of alkyl carbamates (subject to hydrolysis) is 1. The van der Waals surface area contributed by atoms with Crippen LogP contribution >= 0.6 is 0 Å². The van der Waals surface area contributed by atoms with E-state index >= 15 is 4.39 Å². The van der Waals surface area contributed by atoms with Gasteiger partial charge >= 0.3 is 18.2 Å². The normalized spacial score (nSPS) is 18.4. The van der Waals surface area contributed by atoms with Crippen molar-refractivity contribution >= 4 is 41.8 Å². The van der Waals surface area contributed by atoms with E-state index in [1.54, 1.807) is 31.5 Å². The number of aromatic nitrogens is 2. The standard InChI is InChI=1S/C47H57F2N7O11/c1-29(65-30(2)57)44(61)56(42(32-16-21-64-22-17-32)43-52-37(35-23-34(48)11-12-36(35)49)27-53(43)24-31-9-7-6-8-10-31)26-33-25-54(46(63)67-47(3,4)5)28-38(33)66-45(62)51-18-15-39(58)50-19-20-55-40(59)13-14-41(55)60/h6-14,23,27,29,32-33,38,42H,15-22,24-26,28H2,1-5H3,(H,50,58)(H,51,62). The molecule has 3 aromatic rings. The number of amides is 6. The highest BCUT2D eigenvalue weighted by molar-refractivity contribution is 6.12. The molecule has 0 saturated carbocycles. The maximum atomic E-state index is 15.5. The van der Waals surface area contributed by atoms with Crippen LogP contribution in [0.15, 0.2) is 66.9 Å². The summed E-state index contributed by atoms with van der Waals surface area (Å²) in [5.74, 6) is -4.95. The first-order valence-corrected chi connectivity index (χ1v) is 22.2. The van der Waals surface area contributed by atoms with E-state index in [2.05, 4.69) is 10.6 Å². The number of ether oxygens (including phenoxy) is 4. The molecular weight excluding hydrogens is 877 g/mol. The molecule has 6 rings (SSSR count). The molecule has 360 valence electrons. The van der Waals surface area contributed by atoms with Gasteiger partial charge in [-0.25, -0.2) is 23.4 Å². The molecular formula is C47H57F2N7O11. The summed E-state index contributed by atoms with van der Waals surface area (Å²) < 4.78 is 54.8. The number of carbonyl (C=O) groups is 7. The molecule has 0 bridgehead atoms. The van der Waals surface area contributed by atoms with Gasteiger partial charge in [0.05, 0.1) is 18.3 Å². The number of nitrogens with zero attached hydrogens (tertiary/aromatic N) is 5. The van der Waals surface area contributed by atoms with E-state index in [-0.39, 0.29) is 69.4 Å². The molecule has 2 N–H and O–H groups in total. The fourth-order valence-corrected chi connectivity index (χ4v) is 8.29.